The average Bonchev–Trinajstić information content (AvgIpc) is 2.46. The minimum atomic E-state index is 0.174. The average molecular weight is 393 g/mol. The van der Waals surface area contributed by atoms with Crippen molar-refractivity contribution >= 4 is 15.9 Å². The van der Waals surface area contributed by atoms with Crippen LogP contribution in [-0.2, 0) is 10.8 Å². The molecule has 2 aromatic carbocycles. The molecule has 0 bridgehead atoms. The van der Waals surface area contributed by atoms with Crippen LogP contribution in [0.2, 0.25) is 0 Å². The van der Waals surface area contributed by atoms with Crippen molar-refractivity contribution in [1.29, 1.82) is 0 Å². The third-order valence-electron chi connectivity index (χ3n) is 3.75. The van der Waals surface area contributed by atoms with Gasteiger partial charge in [-0.3, -0.25) is 0 Å². The highest BCUT2D eigenvalue weighted by Gasteiger charge is 2.14. The second kappa shape index (κ2) is 8.06. The van der Waals surface area contributed by atoms with Crippen molar-refractivity contribution in [2.45, 2.75) is 52.4 Å². The fourth-order valence-corrected chi connectivity index (χ4v) is 2.63. The van der Waals surface area contributed by atoms with E-state index in [9.17, 15) is 0 Å². The van der Waals surface area contributed by atoms with Crippen LogP contribution in [0, 0.1) is 0 Å². The zero-order valence-corrected chi connectivity index (χ0v) is 17.4. The molecule has 2 nitrogen and oxygen atoms in total. The SMILES string of the molecule is CC(C)(C)c1ccc(O)cc1.COc1ccc(C(C)(C)C)cc1Br. The van der Waals surface area contributed by atoms with Gasteiger partial charge < -0.3 is 9.84 Å². The highest BCUT2D eigenvalue weighted by atomic mass is 79.9. The summed E-state index contributed by atoms with van der Waals surface area (Å²) in [6, 6.07) is 13.6. The number of ether oxygens (including phenoxy) is 1. The predicted molar refractivity (Wildman–Crippen MR) is 106 cm³/mol. The van der Waals surface area contributed by atoms with Gasteiger partial charge in [-0.1, -0.05) is 59.7 Å². The molecule has 0 aliphatic rings. The second-order valence-corrected chi connectivity index (χ2v) is 8.75. The maximum absolute atomic E-state index is 9.02. The van der Waals surface area contributed by atoms with E-state index in [1.54, 1.807) is 19.2 Å². The Balaban J connectivity index is 0.000000243. The Hall–Kier alpha value is -1.48. The summed E-state index contributed by atoms with van der Waals surface area (Å²) >= 11 is 3.47. The van der Waals surface area contributed by atoms with Crippen molar-refractivity contribution in [2.75, 3.05) is 7.11 Å². The number of hydrogen-bond acceptors (Lipinski definition) is 2. The third-order valence-corrected chi connectivity index (χ3v) is 4.37. The van der Waals surface area contributed by atoms with Crippen LogP contribution >= 0.6 is 15.9 Å². The fourth-order valence-electron chi connectivity index (χ4n) is 2.09. The van der Waals surface area contributed by atoms with Gasteiger partial charge in [0.05, 0.1) is 11.6 Å². The Morgan fingerprint density at radius 1 is 0.792 bits per heavy atom. The number of aromatic hydroxyl groups is 1. The van der Waals surface area contributed by atoms with Crippen LogP contribution in [0.15, 0.2) is 46.9 Å². The molecule has 0 aliphatic heterocycles. The van der Waals surface area contributed by atoms with Gasteiger partial charge in [-0.2, -0.15) is 0 Å². The molecule has 132 valence electrons. The van der Waals surface area contributed by atoms with E-state index in [1.165, 1.54) is 11.1 Å². The lowest BCUT2D eigenvalue weighted by Crippen LogP contribution is -2.10. The van der Waals surface area contributed by atoms with Gasteiger partial charge in [0.15, 0.2) is 0 Å². The molecule has 1 N–H and O–H groups in total. The molecule has 0 saturated carbocycles. The van der Waals surface area contributed by atoms with E-state index in [0.717, 1.165) is 10.2 Å². The summed E-state index contributed by atoms with van der Waals surface area (Å²) in [6.07, 6.45) is 0. The first-order valence-electron chi connectivity index (χ1n) is 8.08. The van der Waals surface area contributed by atoms with E-state index in [2.05, 4.69) is 69.6 Å². The Bertz CT molecular complexity index is 647. The molecular formula is C21H29BrO2. The summed E-state index contributed by atoms with van der Waals surface area (Å²) in [4.78, 5) is 0. The maximum Gasteiger partial charge on any atom is 0.133 e. The summed E-state index contributed by atoms with van der Waals surface area (Å²) in [5.41, 5.74) is 2.91. The van der Waals surface area contributed by atoms with Gasteiger partial charge in [-0.05, 0) is 62.2 Å². The first kappa shape index (κ1) is 20.6. The maximum atomic E-state index is 9.02. The number of hydrogen-bond donors (Lipinski definition) is 1. The van der Waals surface area contributed by atoms with Gasteiger partial charge in [0, 0.05) is 0 Å². The molecule has 0 atom stereocenters. The lowest BCUT2D eigenvalue weighted by molar-refractivity contribution is 0.411. The summed E-state index contributed by atoms with van der Waals surface area (Å²) < 4.78 is 6.18. The van der Waals surface area contributed by atoms with Crippen molar-refractivity contribution in [1.82, 2.24) is 0 Å². The Kier molecular flexibility index (Phi) is 6.91. The van der Waals surface area contributed by atoms with E-state index in [0.29, 0.717) is 5.75 Å². The van der Waals surface area contributed by atoms with Crippen molar-refractivity contribution < 1.29 is 9.84 Å². The highest BCUT2D eigenvalue weighted by molar-refractivity contribution is 9.10. The standard InChI is InChI=1S/C11H15BrO.C10H14O/c1-11(2,3)8-5-6-10(13-4)9(12)7-8;1-10(2,3)8-4-6-9(11)7-5-8/h5-7H,1-4H3;4-7,11H,1-3H3. The van der Waals surface area contributed by atoms with Gasteiger partial charge in [-0.15, -0.1) is 0 Å². The summed E-state index contributed by atoms with van der Waals surface area (Å²) in [7, 11) is 1.68. The number of phenolic OH excluding ortho intramolecular Hbond substituents is 1. The zero-order valence-electron chi connectivity index (χ0n) is 15.8. The van der Waals surface area contributed by atoms with Crippen LogP contribution < -0.4 is 4.74 Å². The third kappa shape index (κ3) is 6.20. The molecular weight excluding hydrogens is 364 g/mol. The van der Waals surface area contributed by atoms with Gasteiger partial charge in [0.1, 0.15) is 11.5 Å². The summed E-state index contributed by atoms with van der Waals surface area (Å²) in [5.74, 6) is 1.21. The molecule has 0 amide bonds. The number of halogens is 1. The van der Waals surface area contributed by atoms with Crippen LogP contribution in [0.1, 0.15) is 52.7 Å². The molecule has 2 aromatic rings. The summed E-state index contributed by atoms with van der Waals surface area (Å²) in [5, 5.41) is 9.02. The monoisotopic (exact) mass is 392 g/mol. The minimum Gasteiger partial charge on any atom is -0.508 e. The molecule has 0 aromatic heterocycles. The van der Waals surface area contributed by atoms with Crippen LogP contribution in [0.3, 0.4) is 0 Å². The molecule has 3 heteroatoms. The second-order valence-electron chi connectivity index (χ2n) is 7.90. The van der Waals surface area contributed by atoms with Crippen LogP contribution in [0.25, 0.3) is 0 Å². The van der Waals surface area contributed by atoms with E-state index >= 15 is 0 Å². The zero-order chi connectivity index (χ0) is 18.5. The molecule has 0 saturated heterocycles. The largest absolute Gasteiger partial charge is 0.508 e. The van der Waals surface area contributed by atoms with Crippen molar-refractivity contribution in [3.8, 4) is 11.5 Å². The molecule has 0 fully saturated rings. The number of phenols is 1. The normalized spacial score (nSPS) is 11.5. The topological polar surface area (TPSA) is 29.5 Å². The molecule has 0 radical (unpaired) electrons. The number of methoxy groups -OCH3 is 1. The van der Waals surface area contributed by atoms with Gasteiger partial charge in [0.25, 0.3) is 0 Å². The predicted octanol–water partition coefficient (Wildman–Crippen LogP) is 6.44. The van der Waals surface area contributed by atoms with E-state index in [1.807, 2.05) is 18.2 Å². The highest BCUT2D eigenvalue weighted by Crippen LogP contribution is 2.31. The minimum absolute atomic E-state index is 0.174. The number of rotatable bonds is 1. The molecule has 0 spiro atoms. The fraction of sp³-hybridized carbons (Fsp3) is 0.429. The lowest BCUT2D eigenvalue weighted by atomic mass is 9.87. The molecule has 0 aliphatic carbocycles. The quantitative estimate of drug-likeness (QED) is 0.604. The van der Waals surface area contributed by atoms with Crippen molar-refractivity contribution in [3.05, 3.63) is 58.1 Å². The number of benzene rings is 2. The first-order chi connectivity index (χ1) is 10.9. The van der Waals surface area contributed by atoms with E-state index in [4.69, 9.17) is 9.84 Å². The van der Waals surface area contributed by atoms with Gasteiger partial charge in [0.2, 0.25) is 0 Å². The first-order valence-corrected chi connectivity index (χ1v) is 8.88. The lowest BCUT2D eigenvalue weighted by Gasteiger charge is -2.19. The molecule has 2 rings (SSSR count). The molecule has 0 heterocycles. The smallest absolute Gasteiger partial charge is 0.133 e. The van der Waals surface area contributed by atoms with Crippen LogP contribution in [0.5, 0.6) is 11.5 Å². The van der Waals surface area contributed by atoms with E-state index in [-0.39, 0.29) is 10.8 Å². The van der Waals surface area contributed by atoms with E-state index < -0.39 is 0 Å². The van der Waals surface area contributed by atoms with Gasteiger partial charge in [-0.25, -0.2) is 0 Å². The van der Waals surface area contributed by atoms with Crippen LogP contribution in [0.4, 0.5) is 0 Å². The Labute approximate surface area is 155 Å². The van der Waals surface area contributed by atoms with Gasteiger partial charge >= 0.3 is 0 Å². The van der Waals surface area contributed by atoms with Crippen LogP contribution in [-0.4, -0.2) is 12.2 Å². The van der Waals surface area contributed by atoms with Crippen molar-refractivity contribution in [3.63, 3.8) is 0 Å². The molecule has 0 unspecified atom stereocenters. The Morgan fingerprint density at radius 3 is 1.62 bits per heavy atom. The Morgan fingerprint density at radius 2 is 1.25 bits per heavy atom. The molecule has 24 heavy (non-hydrogen) atoms. The van der Waals surface area contributed by atoms with Crippen molar-refractivity contribution in [2.24, 2.45) is 0 Å². The summed E-state index contributed by atoms with van der Waals surface area (Å²) in [6.45, 7) is 13.0.